The van der Waals surface area contributed by atoms with Gasteiger partial charge in [-0.05, 0) is 13.8 Å². The van der Waals surface area contributed by atoms with Crippen molar-refractivity contribution in [1.29, 1.82) is 0 Å². The summed E-state index contributed by atoms with van der Waals surface area (Å²) in [5.74, 6) is -0.959. The zero-order valence-electron chi connectivity index (χ0n) is 8.10. The second-order valence-electron chi connectivity index (χ2n) is 2.61. The SMILES string of the molecule is C[C@@H]1OC(=O)[C@H](C)OC1=O.OCCO. The average molecular weight is 206 g/mol. The zero-order valence-corrected chi connectivity index (χ0v) is 8.10. The Hall–Kier alpha value is -1.14. The van der Waals surface area contributed by atoms with Gasteiger partial charge in [-0.3, -0.25) is 0 Å². The maximum Gasteiger partial charge on any atom is 0.347 e. The fourth-order valence-corrected chi connectivity index (χ4v) is 0.636. The summed E-state index contributed by atoms with van der Waals surface area (Å²) in [6.07, 6.45) is -1.49. The largest absolute Gasteiger partial charge is 0.448 e. The molecule has 0 amide bonds. The quantitative estimate of drug-likeness (QED) is 0.525. The van der Waals surface area contributed by atoms with Crippen LogP contribution in [0.1, 0.15) is 13.8 Å². The standard InChI is InChI=1S/C6H8O4.C2H6O2/c1-3-5(7)10-4(2)6(8)9-3;3-1-2-4/h3-4H,1-2H3;3-4H,1-2H2/t3-,4-;/m0./s1. The first-order chi connectivity index (χ1) is 6.52. The van der Waals surface area contributed by atoms with Crippen LogP contribution in [0.25, 0.3) is 0 Å². The number of aliphatic hydroxyl groups is 2. The lowest BCUT2D eigenvalue weighted by Crippen LogP contribution is -2.40. The molecule has 1 fully saturated rings. The number of ether oxygens (including phenoxy) is 2. The van der Waals surface area contributed by atoms with Crippen molar-refractivity contribution in [2.24, 2.45) is 0 Å². The van der Waals surface area contributed by atoms with E-state index in [9.17, 15) is 9.59 Å². The molecule has 0 bridgehead atoms. The molecule has 0 radical (unpaired) electrons. The van der Waals surface area contributed by atoms with Crippen molar-refractivity contribution in [2.75, 3.05) is 13.2 Å². The maximum absolute atomic E-state index is 10.7. The molecular weight excluding hydrogens is 192 g/mol. The Labute approximate surface area is 81.4 Å². The number of esters is 2. The zero-order chi connectivity index (χ0) is 11.1. The molecule has 1 aliphatic rings. The predicted octanol–water partition coefficient (Wildman–Crippen LogP) is -1.17. The van der Waals surface area contributed by atoms with Crippen LogP contribution in [-0.4, -0.2) is 47.6 Å². The van der Waals surface area contributed by atoms with Gasteiger partial charge in [-0.1, -0.05) is 0 Å². The first-order valence-corrected chi connectivity index (χ1v) is 4.15. The van der Waals surface area contributed by atoms with E-state index in [1.807, 2.05) is 0 Å². The third-order valence-corrected chi connectivity index (χ3v) is 1.35. The smallest absolute Gasteiger partial charge is 0.347 e. The first-order valence-electron chi connectivity index (χ1n) is 4.15. The summed E-state index contributed by atoms with van der Waals surface area (Å²) < 4.78 is 9.19. The van der Waals surface area contributed by atoms with Gasteiger partial charge >= 0.3 is 11.9 Å². The van der Waals surface area contributed by atoms with E-state index < -0.39 is 24.1 Å². The van der Waals surface area contributed by atoms with Crippen molar-refractivity contribution in [3.63, 3.8) is 0 Å². The van der Waals surface area contributed by atoms with Crippen molar-refractivity contribution in [3.05, 3.63) is 0 Å². The molecule has 6 nitrogen and oxygen atoms in total. The fourth-order valence-electron chi connectivity index (χ4n) is 0.636. The van der Waals surface area contributed by atoms with Crippen LogP contribution in [0.3, 0.4) is 0 Å². The Morgan fingerprint density at radius 1 is 1.00 bits per heavy atom. The highest BCUT2D eigenvalue weighted by atomic mass is 16.6. The molecule has 0 aromatic rings. The molecule has 6 heteroatoms. The molecule has 14 heavy (non-hydrogen) atoms. The summed E-state index contributed by atoms with van der Waals surface area (Å²) >= 11 is 0. The summed E-state index contributed by atoms with van der Waals surface area (Å²) in [6, 6.07) is 0. The first kappa shape index (κ1) is 12.9. The van der Waals surface area contributed by atoms with Crippen molar-refractivity contribution in [1.82, 2.24) is 0 Å². The van der Waals surface area contributed by atoms with Gasteiger partial charge in [0.2, 0.25) is 0 Å². The highest BCUT2D eigenvalue weighted by Crippen LogP contribution is 2.08. The maximum atomic E-state index is 10.7. The highest BCUT2D eigenvalue weighted by molar-refractivity contribution is 5.86. The van der Waals surface area contributed by atoms with Crippen molar-refractivity contribution in [3.8, 4) is 0 Å². The molecule has 0 unspecified atom stereocenters. The Kier molecular flexibility index (Phi) is 5.82. The van der Waals surface area contributed by atoms with Gasteiger partial charge in [0, 0.05) is 0 Å². The molecule has 2 N–H and O–H groups in total. The second kappa shape index (κ2) is 6.33. The van der Waals surface area contributed by atoms with Gasteiger partial charge in [0.15, 0.2) is 12.2 Å². The minimum absolute atomic E-state index is 0.125. The van der Waals surface area contributed by atoms with Gasteiger partial charge in [-0.2, -0.15) is 0 Å². The summed E-state index contributed by atoms with van der Waals surface area (Å²) in [5.41, 5.74) is 0. The predicted molar refractivity (Wildman–Crippen MR) is 45.3 cm³/mol. The molecule has 2 atom stereocenters. The van der Waals surface area contributed by atoms with E-state index in [1.54, 1.807) is 0 Å². The molecular formula is C8H14O6. The van der Waals surface area contributed by atoms with E-state index in [0.717, 1.165) is 0 Å². The number of carbonyl (C=O) groups is 2. The Balaban J connectivity index is 0.000000364. The van der Waals surface area contributed by atoms with Crippen molar-refractivity contribution in [2.45, 2.75) is 26.1 Å². The molecule has 1 rings (SSSR count). The molecule has 1 heterocycles. The van der Waals surface area contributed by atoms with E-state index in [2.05, 4.69) is 9.47 Å². The third kappa shape index (κ3) is 4.20. The van der Waals surface area contributed by atoms with Crippen LogP contribution in [0.15, 0.2) is 0 Å². The fraction of sp³-hybridized carbons (Fsp3) is 0.750. The number of carbonyl (C=O) groups excluding carboxylic acids is 2. The molecule has 0 aromatic carbocycles. The second-order valence-corrected chi connectivity index (χ2v) is 2.61. The minimum atomic E-state index is -0.747. The lowest BCUT2D eigenvalue weighted by Gasteiger charge is -2.22. The molecule has 0 saturated carbocycles. The number of cyclic esters (lactones) is 2. The molecule has 0 aliphatic carbocycles. The Bertz CT molecular complexity index is 180. The number of aliphatic hydroxyl groups excluding tert-OH is 2. The van der Waals surface area contributed by atoms with Crippen LogP contribution in [0, 0.1) is 0 Å². The average Bonchev–Trinajstić information content (AvgIpc) is 2.15. The lowest BCUT2D eigenvalue weighted by molar-refractivity contribution is -0.191. The summed E-state index contributed by atoms with van der Waals surface area (Å²) in [6.45, 7) is 2.71. The van der Waals surface area contributed by atoms with Crippen molar-refractivity contribution >= 4 is 11.9 Å². The summed E-state index contributed by atoms with van der Waals surface area (Å²) in [7, 11) is 0. The van der Waals surface area contributed by atoms with Gasteiger partial charge < -0.3 is 19.7 Å². The number of rotatable bonds is 1. The molecule has 0 spiro atoms. The van der Waals surface area contributed by atoms with E-state index >= 15 is 0 Å². The van der Waals surface area contributed by atoms with Gasteiger partial charge in [0.1, 0.15) is 0 Å². The summed E-state index contributed by atoms with van der Waals surface area (Å²) in [5, 5.41) is 15.2. The molecule has 1 aliphatic heterocycles. The van der Waals surface area contributed by atoms with Gasteiger partial charge in [0.05, 0.1) is 13.2 Å². The Morgan fingerprint density at radius 2 is 1.29 bits per heavy atom. The lowest BCUT2D eigenvalue weighted by atomic mass is 10.3. The van der Waals surface area contributed by atoms with E-state index in [1.165, 1.54) is 13.8 Å². The monoisotopic (exact) mass is 206 g/mol. The Morgan fingerprint density at radius 3 is 1.50 bits per heavy atom. The number of hydrogen-bond acceptors (Lipinski definition) is 6. The van der Waals surface area contributed by atoms with Gasteiger partial charge in [0.25, 0.3) is 0 Å². The highest BCUT2D eigenvalue weighted by Gasteiger charge is 2.32. The van der Waals surface area contributed by atoms with E-state index in [-0.39, 0.29) is 13.2 Å². The minimum Gasteiger partial charge on any atom is -0.448 e. The van der Waals surface area contributed by atoms with E-state index in [0.29, 0.717) is 0 Å². The van der Waals surface area contributed by atoms with E-state index in [4.69, 9.17) is 10.2 Å². The van der Waals surface area contributed by atoms with Gasteiger partial charge in [-0.15, -0.1) is 0 Å². The van der Waals surface area contributed by atoms with Crippen LogP contribution < -0.4 is 0 Å². The number of hydrogen-bond donors (Lipinski definition) is 2. The molecule has 82 valence electrons. The van der Waals surface area contributed by atoms with Crippen LogP contribution in [0.4, 0.5) is 0 Å². The van der Waals surface area contributed by atoms with Crippen molar-refractivity contribution < 1.29 is 29.3 Å². The van der Waals surface area contributed by atoms with Gasteiger partial charge in [-0.25, -0.2) is 9.59 Å². The topological polar surface area (TPSA) is 93.1 Å². The van der Waals surface area contributed by atoms with Crippen LogP contribution in [0.5, 0.6) is 0 Å². The molecule has 0 aromatic heterocycles. The van der Waals surface area contributed by atoms with Crippen LogP contribution in [0.2, 0.25) is 0 Å². The summed E-state index contributed by atoms with van der Waals surface area (Å²) in [4.78, 5) is 21.3. The third-order valence-electron chi connectivity index (χ3n) is 1.35. The molecule has 1 saturated heterocycles. The van der Waals surface area contributed by atoms with Crippen LogP contribution in [-0.2, 0) is 19.1 Å². The normalized spacial score (nSPS) is 25.7. The van der Waals surface area contributed by atoms with Crippen LogP contribution >= 0.6 is 0 Å².